The first kappa shape index (κ1) is 11.3. The Morgan fingerprint density at radius 3 is 2.38 bits per heavy atom. The van der Waals surface area contributed by atoms with Crippen molar-refractivity contribution in [2.45, 2.75) is 16.2 Å². The summed E-state index contributed by atoms with van der Waals surface area (Å²) in [6.45, 7) is 0. The largest absolute Gasteiger partial charge is 0.128 e. The zero-order valence-corrected chi connectivity index (χ0v) is 10.3. The molecule has 0 aliphatic rings. The Bertz CT molecular complexity index is 271. The van der Waals surface area contributed by atoms with Crippen LogP contribution in [0, 0.1) is 0 Å². The molecular weight excluding hydrogens is 216 g/mol. The van der Waals surface area contributed by atoms with Crippen LogP contribution in [0.15, 0.2) is 28.0 Å². The molecule has 71 valence electrons. The second kappa shape index (κ2) is 5.89. The summed E-state index contributed by atoms with van der Waals surface area (Å²) in [6, 6.07) is 6.62. The Kier molecular flexibility index (Phi) is 5.14. The van der Waals surface area contributed by atoms with Crippen molar-refractivity contribution in [3.63, 3.8) is 0 Å². The number of rotatable bonds is 4. The van der Waals surface area contributed by atoms with Crippen molar-refractivity contribution in [1.29, 1.82) is 0 Å². The van der Waals surface area contributed by atoms with Crippen LogP contribution in [0.2, 0.25) is 0 Å². The van der Waals surface area contributed by atoms with E-state index in [0.29, 0.717) is 0 Å². The summed E-state index contributed by atoms with van der Waals surface area (Å²) in [5.41, 5.74) is 1.36. The van der Waals surface area contributed by atoms with Gasteiger partial charge in [0.15, 0.2) is 0 Å². The van der Waals surface area contributed by atoms with Crippen LogP contribution in [0.4, 0.5) is 0 Å². The molecule has 0 atom stereocenters. The lowest BCUT2D eigenvalue weighted by Gasteiger charge is -2.06. The van der Waals surface area contributed by atoms with E-state index in [4.69, 9.17) is 12.6 Å². The second-order valence-corrected chi connectivity index (χ2v) is 4.75. The molecule has 0 saturated carbocycles. The van der Waals surface area contributed by atoms with Crippen molar-refractivity contribution < 1.29 is 0 Å². The fraction of sp³-hybridized carbons (Fsp3) is 0.400. The topological polar surface area (TPSA) is 0 Å². The first-order chi connectivity index (χ1) is 6.31. The second-order valence-electron chi connectivity index (χ2n) is 2.64. The smallest absolute Gasteiger partial charge is 0.0208 e. The molecule has 1 radical (unpaired) electrons. The highest BCUT2D eigenvalue weighted by molar-refractivity contribution is 8.01. The van der Waals surface area contributed by atoms with E-state index in [2.05, 4.69) is 30.7 Å². The minimum Gasteiger partial charge on any atom is -0.128 e. The maximum absolute atomic E-state index is 4.96. The van der Waals surface area contributed by atoms with Crippen molar-refractivity contribution in [1.82, 2.24) is 0 Å². The van der Waals surface area contributed by atoms with Gasteiger partial charge in [-0.1, -0.05) is 18.7 Å². The molecule has 0 spiro atoms. The predicted octanol–water partition coefficient (Wildman–Crippen LogP) is 3.87. The molecule has 1 aromatic carbocycles. The molecule has 0 aliphatic heterocycles. The molecule has 0 saturated heterocycles. The van der Waals surface area contributed by atoms with E-state index in [1.54, 1.807) is 23.5 Å². The highest BCUT2D eigenvalue weighted by Crippen LogP contribution is 2.29. The van der Waals surface area contributed by atoms with Crippen molar-refractivity contribution in [2.75, 3.05) is 18.3 Å². The Hall–Kier alpha value is 0.270. The summed E-state index contributed by atoms with van der Waals surface area (Å²) in [7, 11) is 0. The summed E-state index contributed by atoms with van der Waals surface area (Å²) in [5, 5.41) is 0. The summed E-state index contributed by atoms with van der Waals surface area (Å²) >= 11 is 8.57. The van der Waals surface area contributed by atoms with Crippen molar-refractivity contribution >= 4 is 36.2 Å². The first-order valence-electron chi connectivity index (χ1n) is 4.11. The van der Waals surface area contributed by atoms with Crippen LogP contribution < -0.4 is 0 Å². The average molecular weight is 229 g/mol. The van der Waals surface area contributed by atoms with Gasteiger partial charge in [0.05, 0.1) is 0 Å². The number of benzene rings is 1. The molecule has 13 heavy (non-hydrogen) atoms. The van der Waals surface area contributed by atoms with Crippen LogP contribution in [0.5, 0.6) is 0 Å². The molecule has 0 heterocycles. The monoisotopic (exact) mass is 229 g/mol. The maximum atomic E-state index is 4.96. The van der Waals surface area contributed by atoms with Crippen LogP contribution in [0.3, 0.4) is 0 Å². The molecule has 0 aliphatic carbocycles. The molecule has 1 rings (SSSR count). The van der Waals surface area contributed by atoms with Crippen LogP contribution in [-0.4, -0.2) is 18.3 Å². The van der Waals surface area contributed by atoms with E-state index >= 15 is 0 Å². The highest BCUT2D eigenvalue weighted by Gasteiger charge is 2.01. The Labute approximate surface area is 94.3 Å². The van der Waals surface area contributed by atoms with E-state index < -0.39 is 0 Å². The number of thioether (sulfide) groups is 2. The molecule has 0 amide bonds. The Morgan fingerprint density at radius 2 is 1.85 bits per heavy atom. The van der Waals surface area contributed by atoms with Gasteiger partial charge in [0.1, 0.15) is 0 Å². The van der Waals surface area contributed by atoms with Crippen LogP contribution in [-0.2, 0) is 6.42 Å². The quantitative estimate of drug-likeness (QED) is 0.719. The van der Waals surface area contributed by atoms with Gasteiger partial charge in [-0.3, -0.25) is 0 Å². The lowest BCUT2D eigenvalue weighted by molar-refractivity contribution is 1.11. The highest BCUT2D eigenvalue weighted by atomic mass is 32.2. The van der Waals surface area contributed by atoms with E-state index in [1.165, 1.54) is 15.4 Å². The SMILES string of the molecule is CSc1ccc(CC[S])cc1SC. The third-order valence-corrected chi connectivity index (χ3v) is 3.75. The van der Waals surface area contributed by atoms with E-state index in [9.17, 15) is 0 Å². The standard InChI is InChI=1S/C10H13S3/c1-12-9-4-3-8(5-6-11)7-10(9)13-2/h3-4,7H,5-6H2,1-2H3. The number of hydrogen-bond acceptors (Lipinski definition) is 2. The summed E-state index contributed by atoms with van der Waals surface area (Å²) in [5.74, 6) is 0.812. The normalized spacial score (nSPS) is 10.4. The predicted molar refractivity (Wildman–Crippen MR) is 66.2 cm³/mol. The molecule has 0 N–H and O–H groups in total. The van der Waals surface area contributed by atoms with Gasteiger partial charge < -0.3 is 0 Å². The molecule has 0 bridgehead atoms. The lowest BCUT2D eigenvalue weighted by Crippen LogP contribution is -1.87. The minimum atomic E-state index is 0.812. The molecule has 0 aromatic heterocycles. The number of aryl methyl sites for hydroxylation is 1. The van der Waals surface area contributed by atoms with Gasteiger partial charge in [-0.05, 0) is 36.6 Å². The summed E-state index contributed by atoms with van der Waals surface area (Å²) < 4.78 is 0. The zero-order valence-electron chi connectivity index (χ0n) is 7.87. The molecule has 0 fully saturated rings. The fourth-order valence-electron chi connectivity index (χ4n) is 1.15. The fourth-order valence-corrected chi connectivity index (χ4v) is 2.89. The van der Waals surface area contributed by atoms with Gasteiger partial charge in [-0.2, -0.15) is 0 Å². The molecule has 0 unspecified atom stereocenters. The third-order valence-electron chi connectivity index (χ3n) is 1.84. The number of hydrogen-bond donors (Lipinski definition) is 0. The maximum Gasteiger partial charge on any atom is 0.0208 e. The van der Waals surface area contributed by atoms with Gasteiger partial charge in [-0.25, -0.2) is 0 Å². The van der Waals surface area contributed by atoms with Gasteiger partial charge in [0.2, 0.25) is 0 Å². The van der Waals surface area contributed by atoms with E-state index in [-0.39, 0.29) is 0 Å². The van der Waals surface area contributed by atoms with Gasteiger partial charge >= 0.3 is 0 Å². The third kappa shape index (κ3) is 3.15. The first-order valence-corrected chi connectivity index (χ1v) is 7.13. The van der Waals surface area contributed by atoms with E-state index in [0.717, 1.165) is 12.2 Å². The van der Waals surface area contributed by atoms with Crippen molar-refractivity contribution in [3.8, 4) is 0 Å². The molecule has 1 aromatic rings. The Balaban J connectivity index is 2.91. The zero-order chi connectivity index (χ0) is 9.68. The summed E-state index contributed by atoms with van der Waals surface area (Å²) in [6.07, 6.45) is 5.24. The minimum absolute atomic E-state index is 0.812. The Morgan fingerprint density at radius 1 is 1.15 bits per heavy atom. The molecular formula is C10H13S3. The van der Waals surface area contributed by atoms with Gasteiger partial charge in [0.25, 0.3) is 0 Å². The average Bonchev–Trinajstić information content (AvgIpc) is 2.18. The lowest BCUT2D eigenvalue weighted by atomic mass is 10.2. The van der Waals surface area contributed by atoms with E-state index in [1.807, 2.05) is 0 Å². The van der Waals surface area contributed by atoms with Crippen LogP contribution in [0.25, 0.3) is 0 Å². The van der Waals surface area contributed by atoms with Crippen LogP contribution >= 0.6 is 36.2 Å². The van der Waals surface area contributed by atoms with Crippen molar-refractivity contribution in [2.24, 2.45) is 0 Å². The molecule has 0 nitrogen and oxygen atoms in total. The molecule has 3 heteroatoms. The van der Waals surface area contributed by atoms with Crippen LogP contribution in [0.1, 0.15) is 5.56 Å². The van der Waals surface area contributed by atoms with Crippen molar-refractivity contribution in [3.05, 3.63) is 23.8 Å². The van der Waals surface area contributed by atoms with Gasteiger partial charge in [-0.15, -0.1) is 23.5 Å². The summed E-state index contributed by atoms with van der Waals surface area (Å²) in [4.78, 5) is 2.73. The van der Waals surface area contributed by atoms with Gasteiger partial charge in [0, 0.05) is 15.5 Å².